The number of hydrogen-bond acceptors (Lipinski definition) is 2. The van der Waals surface area contributed by atoms with Gasteiger partial charge in [-0.25, -0.2) is 0 Å². The normalized spacial score (nSPS) is 19.6. The van der Waals surface area contributed by atoms with E-state index >= 15 is 0 Å². The smallest absolute Gasteiger partial charge is 0.137 e. The third-order valence-corrected chi connectivity index (χ3v) is 3.58. The van der Waals surface area contributed by atoms with Crippen LogP contribution in [-0.4, -0.2) is 18.9 Å². The predicted molar refractivity (Wildman–Crippen MR) is 71.7 cm³/mol. The highest BCUT2D eigenvalue weighted by Crippen LogP contribution is 2.26. The molecule has 1 fully saturated rings. The Morgan fingerprint density at radius 2 is 2.12 bits per heavy atom. The van der Waals surface area contributed by atoms with Crippen LogP contribution in [0.5, 0.6) is 0 Å². The maximum atomic E-state index is 11.8. The van der Waals surface area contributed by atoms with Gasteiger partial charge in [0.05, 0.1) is 0 Å². The van der Waals surface area contributed by atoms with Crippen molar-refractivity contribution >= 4 is 23.1 Å². The molecule has 0 saturated carbocycles. The summed E-state index contributed by atoms with van der Waals surface area (Å²) in [7, 11) is 0. The van der Waals surface area contributed by atoms with Gasteiger partial charge in [-0.2, -0.15) is 0 Å². The Balaban J connectivity index is 1.98. The maximum absolute atomic E-state index is 11.8. The second-order valence-electron chi connectivity index (χ2n) is 4.62. The van der Waals surface area contributed by atoms with Gasteiger partial charge in [-0.3, -0.25) is 4.79 Å². The van der Waals surface area contributed by atoms with Crippen LogP contribution in [0.1, 0.15) is 26.2 Å². The fourth-order valence-corrected chi connectivity index (χ4v) is 2.49. The molecule has 1 aromatic rings. The van der Waals surface area contributed by atoms with Gasteiger partial charge >= 0.3 is 0 Å². The second-order valence-corrected chi connectivity index (χ2v) is 5.06. The lowest BCUT2D eigenvalue weighted by atomic mass is 10.00. The number of ketones is 1. The van der Waals surface area contributed by atoms with Crippen LogP contribution in [0.4, 0.5) is 5.69 Å². The van der Waals surface area contributed by atoms with Crippen molar-refractivity contribution in [3.8, 4) is 0 Å². The Labute approximate surface area is 108 Å². The molecule has 1 aliphatic heterocycles. The average molecular weight is 252 g/mol. The highest BCUT2D eigenvalue weighted by molar-refractivity contribution is 6.30. The fourth-order valence-electron chi connectivity index (χ4n) is 2.36. The van der Waals surface area contributed by atoms with E-state index in [0.29, 0.717) is 5.78 Å². The number of carbonyl (C=O) groups is 1. The number of halogens is 1. The maximum Gasteiger partial charge on any atom is 0.137 e. The number of rotatable bonds is 4. The van der Waals surface area contributed by atoms with Crippen molar-refractivity contribution in [1.82, 2.24) is 0 Å². The summed E-state index contributed by atoms with van der Waals surface area (Å²) in [5.41, 5.74) is 1.17. The van der Waals surface area contributed by atoms with Crippen molar-refractivity contribution in [3.05, 3.63) is 29.3 Å². The minimum absolute atomic E-state index is 0.227. The summed E-state index contributed by atoms with van der Waals surface area (Å²) in [6, 6.07) is 7.85. The van der Waals surface area contributed by atoms with Crippen molar-refractivity contribution < 1.29 is 4.79 Å². The number of Topliss-reactive ketones (excluding diaryl/α,β-unsaturated/α-hetero) is 1. The van der Waals surface area contributed by atoms with Crippen molar-refractivity contribution in [2.24, 2.45) is 5.92 Å². The minimum Gasteiger partial charge on any atom is -0.371 e. The number of benzene rings is 1. The monoisotopic (exact) mass is 251 g/mol. The lowest BCUT2D eigenvalue weighted by molar-refractivity contribution is -0.122. The van der Waals surface area contributed by atoms with Gasteiger partial charge in [0.25, 0.3) is 0 Å². The van der Waals surface area contributed by atoms with Crippen LogP contribution >= 0.6 is 11.6 Å². The first-order valence-electron chi connectivity index (χ1n) is 6.24. The van der Waals surface area contributed by atoms with Crippen molar-refractivity contribution in [1.29, 1.82) is 0 Å². The van der Waals surface area contributed by atoms with Crippen LogP contribution < -0.4 is 4.90 Å². The van der Waals surface area contributed by atoms with E-state index < -0.39 is 0 Å². The van der Waals surface area contributed by atoms with E-state index in [0.717, 1.165) is 37.4 Å². The third kappa shape index (κ3) is 3.01. The van der Waals surface area contributed by atoms with Gasteiger partial charge in [-0.05, 0) is 37.1 Å². The van der Waals surface area contributed by atoms with E-state index in [1.165, 1.54) is 5.69 Å². The van der Waals surface area contributed by atoms with E-state index in [4.69, 9.17) is 11.6 Å². The molecule has 3 heteroatoms. The predicted octanol–water partition coefficient (Wildman–Crippen LogP) is 3.54. The second kappa shape index (κ2) is 5.54. The summed E-state index contributed by atoms with van der Waals surface area (Å²) in [5.74, 6) is 0.648. The first kappa shape index (κ1) is 12.4. The van der Waals surface area contributed by atoms with Gasteiger partial charge in [0.2, 0.25) is 0 Å². The molecule has 0 bridgehead atoms. The summed E-state index contributed by atoms with van der Waals surface area (Å²) >= 11 is 5.87. The number of hydrogen-bond donors (Lipinski definition) is 0. The molecule has 1 saturated heterocycles. The van der Waals surface area contributed by atoms with Crippen molar-refractivity contribution in [2.75, 3.05) is 18.0 Å². The fraction of sp³-hybridized carbons (Fsp3) is 0.500. The molecule has 0 amide bonds. The van der Waals surface area contributed by atoms with Crippen LogP contribution in [0.3, 0.4) is 0 Å². The SMILES string of the molecule is CCCC(=O)C1CCN(c2ccc(Cl)cc2)C1. The van der Waals surface area contributed by atoms with Crippen LogP contribution in [0, 0.1) is 5.92 Å². The average Bonchev–Trinajstić information content (AvgIpc) is 2.80. The highest BCUT2D eigenvalue weighted by atomic mass is 35.5. The van der Waals surface area contributed by atoms with E-state index in [9.17, 15) is 4.79 Å². The van der Waals surface area contributed by atoms with Crippen LogP contribution in [0.2, 0.25) is 5.02 Å². The van der Waals surface area contributed by atoms with Gasteiger partial charge in [0.15, 0.2) is 0 Å². The van der Waals surface area contributed by atoms with Crippen molar-refractivity contribution in [3.63, 3.8) is 0 Å². The van der Waals surface area contributed by atoms with Gasteiger partial charge in [-0.1, -0.05) is 18.5 Å². The summed E-state index contributed by atoms with van der Waals surface area (Å²) in [5, 5.41) is 0.756. The lowest BCUT2D eigenvalue weighted by Crippen LogP contribution is -2.22. The highest BCUT2D eigenvalue weighted by Gasteiger charge is 2.27. The summed E-state index contributed by atoms with van der Waals surface area (Å²) in [4.78, 5) is 14.1. The van der Waals surface area contributed by atoms with Crippen molar-refractivity contribution in [2.45, 2.75) is 26.2 Å². The Hall–Kier alpha value is -1.02. The number of anilines is 1. The Morgan fingerprint density at radius 1 is 1.41 bits per heavy atom. The number of carbonyl (C=O) groups excluding carboxylic acids is 1. The Morgan fingerprint density at radius 3 is 2.76 bits per heavy atom. The first-order chi connectivity index (χ1) is 8.20. The zero-order chi connectivity index (χ0) is 12.3. The molecular formula is C14H18ClNO. The molecule has 0 aliphatic carbocycles. The lowest BCUT2D eigenvalue weighted by Gasteiger charge is -2.18. The van der Waals surface area contributed by atoms with Gasteiger partial charge < -0.3 is 4.90 Å². The molecule has 0 radical (unpaired) electrons. The number of nitrogens with zero attached hydrogens (tertiary/aromatic N) is 1. The zero-order valence-electron chi connectivity index (χ0n) is 10.2. The topological polar surface area (TPSA) is 20.3 Å². The molecule has 1 heterocycles. The molecule has 1 atom stereocenters. The minimum atomic E-state index is 0.227. The summed E-state index contributed by atoms with van der Waals surface area (Å²) < 4.78 is 0. The summed E-state index contributed by atoms with van der Waals surface area (Å²) in [6.45, 7) is 3.89. The molecule has 2 rings (SSSR count). The third-order valence-electron chi connectivity index (χ3n) is 3.33. The summed E-state index contributed by atoms with van der Waals surface area (Å²) in [6.07, 6.45) is 2.66. The van der Waals surface area contributed by atoms with E-state index in [2.05, 4.69) is 11.8 Å². The molecule has 17 heavy (non-hydrogen) atoms. The van der Waals surface area contributed by atoms with Gasteiger partial charge in [-0.15, -0.1) is 0 Å². The zero-order valence-corrected chi connectivity index (χ0v) is 10.9. The van der Waals surface area contributed by atoms with Crippen LogP contribution in [0.25, 0.3) is 0 Å². The quantitative estimate of drug-likeness (QED) is 0.816. The van der Waals surface area contributed by atoms with Gasteiger partial charge in [0.1, 0.15) is 5.78 Å². The largest absolute Gasteiger partial charge is 0.371 e. The van der Waals surface area contributed by atoms with Crippen LogP contribution in [-0.2, 0) is 4.79 Å². The van der Waals surface area contributed by atoms with E-state index in [1.807, 2.05) is 24.3 Å². The van der Waals surface area contributed by atoms with E-state index in [-0.39, 0.29) is 5.92 Å². The molecule has 0 spiro atoms. The molecule has 1 unspecified atom stereocenters. The molecule has 92 valence electrons. The molecule has 1 aromatic carbocycles. The molecule has 2 nitrogen and oxygen atoms in total. The Kier molecular flexibility index (Phi) is 4.06. The molecule has 0 aromatic heterocycles. The van der Waals surface area contributed by atoms with Crippen LogP contribution in [0.15, 0.2) is 24.3 Å². The van der Waals surface area contributed by atoms with Gasteiger partial charge in [0, 0.05) is 36.1 Å². The van der Waals surface area contributed by atoms with E-state index in [1.54, 1.807) is 0 Å². The molecule has 1 aliphatic rings. The first-order valence-corrected chi connectivity index (χ1v) is 6.61. The molecule has 0 N–H and O–H groups in total. The molecular weight excluding hydrogens is 234 g/mol. The standard InChI is InChI=1S/C14H18ClNO/c1-2-3-14(17)11-8-9-16(10-11)13-6-4-12(15)5-7-13/h4-7,11H,2-3,8-10H2,1H3. The Bertz CT molecular complexity index is 388.